The lowest BCUT2D eigenvalue weighted by atomic mass is 9.99. The Morgan fingerprint density at radius 2 is 1.79 bits per heavy atom. The maximum absolute atomic E-state index is 12.1. The molecule has 3 N–H and O–H groups in total. The highest BCUT2D eigenvalue weighted by atomic mass is 35.5. The zero-order chi connectivity index (χ0) is 17.5. The normalized spacial score (nSPS) is 13.2. The Kier molecular flexibility index (Phi) is 6.64. The second-order valence-electron chi connectivity index (χ2n) is 5.84. The number of rotatable bonds is 7. The summed E-state index contributed by atoms with van der Waals surface area (Å²) in [6, 6.07) is 14.3. The van der Waals surface area contributed by atoms with Gasteiger partial charge in [-0.1, -0.05) is 44.0 Å². The summed E-state index contributed by atoms with van der Waals surface area (Å²) >= 11 is 5.85. The third-order valence-electron chi connectivity index (χ3n) is 4.00. The highest BCUT2D eigenvalue weighted by Gasteiger charge is 2.19. The predicted molar refractivity (Wildman–Crippen MR) is 98.3 cm³/mol. The average Bonchev–Trinajstić information content (AvgIpc) is 2.61. The molecule has 2 aromatic carbocycles. The molecule has 4 nitrogen and oxygen atoms in total. The summed E-state index contributed by atoms with van der Waals surface area (Å²) < 4.78 is 5.71. The van der Waals surface area contributed by atoms with E-state index >= 15 is 0 Å². The molecule has 1 unspecified atom stereocenters. The smallest absolute Gasteiger partial charge is 0.241 e. The first-order valence-electron chi connectivity index (χ1n) is 8.03. The minimum absolute atomic E-state index is 0.145. The average molecular weight is 347 g/mol. The van der Waals surface area contributed by atoms with E-state index in [0.29, 0.717) is 17.3 Å². The number of amides is 1. The Bertz CT molecular complexity index is 656. The van der Waals surface area contributed by atoms with Gasteiger partial charge >= 0.3 is 0 Å². The first kappa shape index (κ1) is 18.3. The van der Waals surface area contributed by atoms with Crippen LogP contribution in [0.2, 0.25) is 5.02 Å². The Hall–Kier alpha value is -2.04. The van der Waals surface area contributed by atoms with E-state index in [4.69, 9.17) is 22.1 Å². The van der Waals surface area contributed by atoms with Crippen molar-refractivity contribution in [3.05, 3.63) is 59.1 Å². The lowest BCUT2D eigenvalue weighted by molar-refractivity contribution is -0.118. The van der Waals surface area contributed by atoms with Crippen molar-refractivity contribution in [2.45, 2.75) is 32.9 Å². The largest absolute Gasteiger partial charge is 0.489 e. The third kappa shape index (κ3) is 5.25. The van der Waals surface area contributed by atoms with Gasteiger partial charge in [0, 0.05) is 10.7 Å². The first-order valence-corrected chi connectivity index (χ1v) is 8.41. The maximum Gasteiger partial charge on any atom is 0.241 e. The monoisotopic (exact) mass is 346 g/mol. The molecule has 128 valence electrons. The SMILES string of the molecule is CCC(C)[C@H](N)C(=O)Nc1ccc(OCc2ccc(Cl)cc2)cc1. The maximum atomic E-state index is 12.1. The van der Waals surface area contributed by atoms with Gasteiger partial charge < -0.3 is 15.8 Å². The molecule has 0 aliphatic carbocycles. The standard InChI is InChI=1S/C19H23ClN2O2/c1-3-13(2)18(21)19(23)22-16-8-10-17(11-9-16)24-12-14-4-6-15(20)7-5-14/h4-11,13,18H,3,12,21H2,1-2H3,(H,22,23)/t13?,18-/m0/s1. The first-order chi connectivity index (χ1) is 11.5. The van der Waals surface area contributed by atoms with Gasteiger partial charge in [0.25, 0.3) is 0 Å². The molecule has 0 saturated carbocycles. The van der Waals surface area contributed by atoms with Gasteiger partial charge in [-0.15, -0.1) is 0 Å². The van der Waals surface area contributed by atoms with E-state index in [1.165, 1.54) is 0 Å². The van der Waals surface area contributed by atoms with Crippen molar-refractivity contribution in [3.8, 4) is 5.75 Å². The molecule has 0 heterocycles. The minimum atomic E-state index is -0.504. The van der Waals surface area contributed by atoms with Crippen LogP contribution in [0.5, 0.6) is 5.75 Å². The van der Waals surface area contributed by atoms with Crippen molar-refractivity contribution >= 4 is 23.2 Å². The number of carbonyl (C=O) groups is 1. The summed E-state index contributed by atoms with van der Waals surface area (Å²) in [6.07, 6.45) is 0.867. The van der Waals surface area contributed by atoms with Crippen molar-refractivity contribution in [1.82, 2.24) is 0 Å². The lowest BCUT2D eigenvalue weighted by Gasteiger charge is -2.17. The molecule has 0 aliphatic rings. The third-order valence-corrected chi connectivity index (χ3v) is 4.25. The zero-order valence-electron chi connectivity index (χ0n) is 14.0. The molecule has 0 aliphatic heterocycles. The van der Waals surface area contributed by atoms with E-state index in [1.54, 1.807) is 12.1 Å². The molecule has 2 atom stereocenters. The van der Waals surface area contributed by atoms with Crippen LogP contribution >= 0.6 is 11.6 Å². The molecule has 2 rings (SSSR count). The van der Waals surface area contributed by atoms with E-state index in [-0.39, 0.29) is 11.8 Å². The number of anilines is 1. The van der Waals surface area contributed by atoms with Crippen LogP contribution in [-0.2, 0) is 11.4 Å². The fraction of sp³-hybridized carbons (Fsp3) is 0.316. The van der Waals surface area contributed by atoms with Crippen LogP contribution in [0.1, 0.15) is 25.8 Å². The summed E-state index contributed by atoms with van der Waals surface area (Å²) in [6.45, 7) is 4.45. The van der Waals surface area contributed by atoms with Crippen molar-refractivity contribution in [3.63, 3.8) is 0 Å². The molecular weight excluding hydrogens is 324 g/mol. The van der Waals surface area contributed by atoms with E-state index in [9.17, 15) is 4.79 Å². The van der Waals surface area contributed by atoms with Crippen LogP contribution in [0.3, 0.4) is 0 Å². The Balaban J connectivity index is 1.88. The Morgan fingerprint density at radius 1 is 1.17 bits per heavy atom. The second kappa shape index (κ2) is 8.71. The molecule has 0 radical (unpaired) electrons. The fourth-order valence-electron chi connectivity index (χ4n) is 2.12. The molecule has 24 heavy (non-hydrogen) atoms. The molecule has 0 aromatic heterocycles. The highest BCUT2D eigenvalue weighted by Crippen LogP contribution is 2.18. The van der Waals surface area contributed by atoms with Crippen LogP contribution in [-0.4, -0.2) is 11.9 Å². The number of hydrogen-bond donors (Lipinski definition) is 2. The summed E-state index contributed by atoms with van der Waals surface area (Å²) in [7, 11) is 0. The molecule has 5 heteroatoms. The molecule has 0 bridgehead atoms. The predicted octanol–water partition coefficient (Wildman–Crippen LogP) is 4.23. The van der Waals surface area contributed by atoms with E-state index < -0.39 is 6.04 Å². The number of benzene rings is 2. The van der Waals surface area contributed by atoms with Crippen molar-refractivity contribution in [2.75, 3.05) is 5.32 Å². The van der Waals surface area contributed by atoms with Gasteiger partial charge in [0.05, 0.1) is 6.04 Å². The Morgan fingerprint density at radius 3 is 2.38 bits per heavy atom. The number of ether oxygens (including phenoxy) is 1. The summed E-state index contributed by atoms with van der Waals surface area (Å²) in [5, 5.41) is 3.53. The van der Waals surface area contributed by atoms with Gasteiger partial charge in [-0.2, -0.15) is 0 Å². The number of nitrogens with one attached hydrogen (secondary N) is 1. The summed E-state index contributed by atoms with van der Waals surface area (Å²) in [5.41, 5.74) is 7.67. The van der Waals surface area contributed by atoms with Gasteiger partial charge in [-0.3, -0.25) is 4.79 Å². The topological polar surface area (TPSA) is 64.4 Å². The van der Waals surface area contributed by atoms with Gasteiger partial charge in [0.2, 0.25) is 5.91 Å². The zero-order valence-corrected chi connectivity index (χ0v) is 14.7. The minimum Gasteiger partial charge on any atom is -0.489 e. The van der Waals surface area contributed by atoms with Crippen molar-refractivity contribution in [1.29, 1.82) is 0 Å². The second-order valence-corrected chi connectivity index (χ2v) is 6.28. The van der Waals surface area contributed by atoms with Crippen LogP contribution in [0.15, 0.2) is 48.5 Å². The number of hydrogen-bond acceptors (Lipinski definition) is 3. The molecule has 0 fully saturated rings. The van der Waals surface area contributed by atoms with E-state index in [2.05, 4.69) is 5.32 Å². The van der Waals surface area contributed by atoms with Gasteiger partial charge in [-0.05, 0) is 47.9 Å². The molecular formula is C19H23ClN2O2. The number of halogens is 1. The van der Waals surface area contributed by atoms with E-state index in [1.807, 2.05) is 50.2 Å². The quantitative estimate of drug-likeness (QED) is 0.788. The fourth-order valence-corrected chi connectivity index (χ4v) is 2.25. The van der Waals surface area contributed by atoms with Crippen LogP contribution in [0.25, 0.3) is 0 Å². The van der Waals surface area contributed by atoms with Crippen LogP contribution in [0.4, 0.5) is 5.69 Å². The van der Waals surface area contributed by atoms with Crippen LogP contribution < -0.4 is 15.8 Å². The molecule has 2 aromatic rings. The number of carbonyl (C=O) groups excluding carboxylic acids is 1. The van der Waals surface area contributed by atoms with Gasteiger partial charge in [-0.25, -0.2) is 0 Å². The number of nitrogens with two attached hydrogens (primary N) is 1. The summed E-state index contributed by atoms with van der Waals surface area (Å²) in [4.78, 5) is 12.1. The molecule has 0 saturated heterocycles. The highest BCUT2D eigenvalue weighted by molar-refractivity contribution is 6.30. The van der Waals surface area contributed by atoms with Gasteiger partial charge in [0.15, 0.2) is 0 Å². The molecule has 1 amide bonds. The van der Waals surface area contributed by atoms with Crippen molar-refractivity contribution < 1.29 is 9.53 Å². The van der Waals surface area contributed by atoms with Gasteiger partial charge in [0.1, 0.15) is 12.4 Å². The van der Waals surface area contributed by atoms with E-state index in [0.717, 1.165) is 17.7 Å². The molecule has 0 spiro atoms. The van der Waals surface area contributed by atoms with Crippen molar-refractivity contribution in [2.24, 2.45) is 11.7 Å². The lowest BCUT2D eigenvalue weighted by Crippen LogP contribution is -2.40. The van der Waals surface area contributed by atoms with Crippen LogP contribution in [0, 0.1) is 5.92 Å². The summed E-state index contributed by atoms with van der Waals surface area (Å²) in [5.74, 6) is 0.709. The Labute approximate surface area is 148 Å².